The Balaban J connectivity index is 3.42. The van der Waals surface area contributed by atoms with Crippen LogP contribution in [0.25, 0.3) is 0 Å². The summed E-state index contributed by atoms with van der Waals surface area (Å²) in [6.45, 7) is 5.13. The van der Waals surface area contributed by atoms with Crippen LogP contribution in [0.15, 0.2) is 11.8 Å². The quantitative estimate of drug-likeness (QED) is 0.212. The highest BCUT2D eigenvalue weighted by Crippen LogP contribution is 2.21. The third-order valence-electron chi connectivity index (χ3n) is 2.63. The maximum absolute atomic E-state index is 13.8. The van der Waals surface area contributed by atoms with Gasteiger partial charge < -0.3 is 4.43 Å². The van der Waals surface area contributed by atoms with Crippen LogP contribution in [0, 0.1) is 29.1 Å². The molecule has 0 bridgehead atoms. The molecule has 1 aromatic carbocycles. The fourth-order valence-electron chi connectivity index (χ4n) is 1.90. The summed E-state index contributed by atoms with van der Waals surface area (Å²) in [5.74, 6) is -10.4. The number of carbonyl (C=O) groups excluding carboxylic acids is 1. The first-order valence-corrected chi connectivity index (χ1v) is 8.79. The minimum atomic E-state index is -3.50. The van der Waals surface area contributed by atoms with E-state index in [0.29, 0.717) is 0 Å². The van der Waals surface area contributed by atoms with E-state index in [1.807, 2.05) is 0 Å². The van der Waals surface area contributed by atoms with Crippen LogP contribution < -0.4 is 5.19 Å². The van der Waals surface area contributed by atoms with E-state index in [-0.39, 0.29) is 11.5 Å². The molecule has 0 aliphatic heterocycles. The van der Waals surface area contributed by atoms with Gasteiger partial charge in [-0.3, -0.25) is 4.79 Å². The van der Waals surface area contributed by atoms with Crippen molar-refractivity contribution in [3.05, 3.63) is 40.9 Å². The number of ketones is 1. The second-order valence-electron chi connectivity index (χ2n) is 4.92. The van der Waals surface area contributed by atoms with Crippen molar-refractivity contribution in [3.63, 3.8) is 0 Å². The maximum atomic E-state index is 13.8. The number of hydrogen-bond donors (Lipinski definition) is 0. The van der Waals surface area contributed by atoms with Crippen molar-refractivity contribution in [2.24, 2.45) is 0 Å². The van der Waals surface area contributed by atoms with Crippen LogP contribution in [-0.2, 0) is 9.22 Å². The summed E-state index contributed by atoms with van der Waals surface area (Å²) in [5.41, 5.74) is 0. The summed E-state index contributed by atoms with van der Waals surface area (Å²) in [4.78, 5) is 10.9. The Morgan fingerprint density at radius 2 is 1.29 bits per heavy atom. The van der Waals surface area contributed by atoms with Gasteiger partial charge in [-0.05, 0) is 26.9 Å². The number of allylic oxidation sites excluding steroid dienone is 2. The number of hydrogen-bond acceptors (Lipinski definition) is 2. The average Bonchev–Trinajstić information content (AvgIpc) is 2.32. The molecule has 1 aromatic rings. The Morgan fingerprint density at radius 1 is 0.905 bits per heavy atom. The maximum Gasteiger partial charge on any atom is 0.282 e. The van der Waals surface area contributed by atoms with E-state index in [2.05, 4.69) is 0 Å². The van der Waals surface area contributed by atoms with Crippen LogP contribution in [0.1, 0.15) is 13.8 Å². The van der Waals surface area contributed by atoms with Crippen LogP contribution in [0.5, 0.6) is 0 Å². The van der Waals surface area contributed by atoms with Crippen LogP contribution in [0.3, 0.4) is 0 Å². The molecule has 0 spiro atoms. The second kappa shape index (κ2) is 5.96. The number of benzene rings is 1. The zero-order valence-corrected chi connectivity index (χ0v) is 12.8. The van der Waals surface area contributed by atoms with Crippen molar-refractivity contribution in [2.75, 3.05) is 0 Å². The fourth-order valence-corrected chi connectivity index (χ4v) is 4.15. The third-order valence-corrected chi connectivity index (χ3v) is 5.11. The molecule has 2 nitrogen and oxygen atoms in total. The van der Waals surface area contributed by atoms with Gasteiger partial charge in [-0.25, -0.2) is 22.0 Å². The molecule has 0 aromatic heterocycles. The predicted octanol–water partition coefficient (Wildman–Crippen LogP) is 3.30. The van der Waals surface area contributed by atoms with Crippen molar-refractivity contribution in [2.45, 2.75) is 26.9 Å². The molecule has 0 amide bonds. The Bertz CT molecular complexity index is 596. The van der Waals surface area contributed by atoms with E-state index < -0.39 is 42.6 Å². The molecule has 1 rings (SSSR count). The molecule has 0 saturated carbocycles. The highest BCUT2D eigenvalue weighted by Gasteiger charge is 2.39. The standard InChI is InChI=1S/C13H13F5O2Si/c1-6(19)5-7(2)20-21(3,4)13-11(17)9(15)8(14)10(16)12(13)18/h5H,1-4H3. The molecule has 0 unspecified atom stereocenters. The first-order valence-electron chi connectivity index (χ1n) is 5.88. The van der Waals surface area contributed by atoms with Gasteiger partial charge in [-0.2, -0.15) is 0 Å². The van der Waals surface area contributed by atoms with Crippen LogP contribution in [0.2, 0.25) is 13.1 Å². The van der Waals surface area contributed by atoms with Crippen molar-refractivity contribution < 1.29 is 31.2 Å². The van der Waals surface area contributed by atoms with E-state index >= 15 is 0 Å². The van der Waals surface area contributed by atoms with Crippen LogP contribution in [0.4, 0.5) is 22.0 Å². The zero-order chi connectivity index (χ0) is 16.5. The topological polar surface area (TPSA) is 26.3 Å². The highest BCUT2D eigenvalue weighted by molar-refractivity contribution is 6.84. The summed E-state index contributed by atoms with van der Waals surface area (Å²) < 4.78 is 72.3. The highest BCUT2D eigenvalue weighted by atomic mass is 28.4. The van der Waals surface area contributed by atoms with Crippen molar-refractivity contribution in [1.29, 1.82) is 0 Å². The lowest BCUT2D eigenvalue weighted by Gasteiger charge is -2.26. The van der Waals surface area contributed by atoms with Gasteiger partial charge in [0.15, 0.2) is 29.1 Å². The normalized spacial score (nSPS) is 12.5. The van der Waals surface area contributed by atoms with Gasteiger partial charge in [0.05, 0.1) is 10.9 Å². The minimum Gasteiger partial charge on any atom is -0.543 e. The molecule has 116 valence electrons. The predicted molar refractivity (Wildman–Crippen MR) is 68.9 cm³/mol. The van der Waals surface area contributed by atoms with Crippen molar-refractivity contribution >= 4 is 19.3 Å². The number of rotatable bonds is 4. The van der Waals surface area contributed by atoms with Crippen LogP contribution in [-0.4, -0.2) is 14.1 Å². The molecule has 0 N–H and O–H groups in total. The smallest absolute Gasteiger partial charge is 0.282 e. The average molecular weight is 324 g/mol. The van der Waals surface area contributed by atoms with Gasteiger partial charge in [0.2, 0.25) is 5.82 Å². The van der Waals surface area contributed by atoms with Gasteiger partial charge in [0.25, 0.3) is 8.32 Å². The summed E-state index contributed by atoms with van der Waals surface area (Å²) in [6.07, 6.45) is 1.07. The Labute approximate surface area is 119 Å². The molecule has 8 heteroatoms. The monoisotopic (exact) mass is 324 g/mol. The number of halogens is 5. The van der Waals surface area contributed by atoms with Crippen molar-refractivity contribution in [3.8, 4) is 0 Å². The lowest BCUT2D eigenvalue weighted by molar-refractivity contribution is -0.112. The largest absolute Gasteiger partial charge is 0.543 e. The SMILES string of the molecule is CC(=O)C=C(C)O[Si](C)(C)c1c(F)c(F)c(F)c(F)c1F. The van der Waals surface area contributed by atoms with E-state index in [1.165, 1.54) is 26.9 Å². The van der Waals surface area contributed by atoms with E-state index in [4.69, 9.17) is 4.43 Å². The summed E-state index contributed by atoms with van der Waals surface area (Å²) in [7, 11) is -3.50. The number of carbonyl (C=O) groups is 1. The van der Waals surface area contributed by atoms with Gasteiger partial charge in [0.1, 0.15) is 0 Å². The lowest BCUT2D eigenvalue weighted by atomic mass is 10.3. The van der Waals surface area contributed by atoms with Gasteiger partial charge in [-0.1, -0.05) is 0 Å². The molecule has 0 aliphatic carbocycles. The van der Waals surface area contributed by atoms with E-state index in [0.717, 1.165) is 6.08 Å². The minimum absolute atomic E-state index is 0.0445. The summed E-state index contributed by atoms with van der Waals surface area (Å²) >= 11 is 0. The summed E-state index contributed by atoms with van der Waals surface area (Å²) in [5, 5.41) is -0.963. The van der Waals surface area contributed by atoms with E-state index in [1.54, 1.807) is 0 Å². The molecule has 0 fully saturated rings. The second-order valence-corrected chi connectivity index (χ2v) is 8.65. The first-order chi connectivity index (χ1) is 9.49. The van der Waals surface area contributed by atoms with E-state index in [9.17, 15) is 26.7 Å². The lowest BCUT2D eigenvalue weighted by Crippen LogP contribution is -2.49. The first kappa shape index (κ1) is 17.3. The Kier molecular flexibility index (Phi) is 4.93. The molecule has 0 saturated heterocycles. The molecule has 21 heavy (non-hydrogen) atoms. The van der Waals surface area contributed by atoms with Gasteiger partial charge in [-0.15, -0.1) is 0 Å². The van der Waals surface area contributed by atoms with Crippen molar-refractivity contribution in [1.82, 2.24) is 0 Å². The van der Waals surface area contributed by atoms with Gasteiger partial charge >= 0.3 is 0 Å². The molecule has 0 heterocycles. The molecular weight excluding hydrogens is 311 g/mol. The molecule has 0 atom stereocenters. The Morgan fingerprint density at radius 3 is 1.67 bits per heavy atom. The third kappa shape index (κ3) is 3.49. The van der Waals surface area contributed by atoms with Crippen LogP contribution >= 0.6 is 0 Å². The molecular formula is C13H13F5O2Si. The zero-order valence-electron chi connectivity index (χ0n) is 11.8. The van der Waals surface area contributed by atoms with Gasteiger partial charge in [0, 0.05) is 6.08 Å². The summed E-state index contributed by atoms with van der Waals surface area (Å²) in [6, 6.07) is 0. The molecule has 0 aliphatic rings. The Hall–Kier alpha value is -1.70. The fraction of sp³-hybridized carbons (Fsp3) is 0.308. The molecule has 0 radical (unpaired) electrons.